The Morgan fingerprint density at radius 1 is 1.09 bits per heavy atom. The molecule has 126 valence electrons. The molecule has 0 aliphatic carbocycles. The lowest BCUT2D eigenvalue weighted by Gasteiger charge is -2.42. The average molecular weight is 311 g/mol. The summed E-state index contributed by atoms with van der Waals surface area (Å²) in [5, 5.41) is 3.36. The van der Waals surface area contributed by atoms with Gasteiger partial charge in [-0.3, -0.25) is 14.5 Å². The molecule has 2 rings (SSSR count). The van der Waals surface area contributed by atoms with Gasteiger partial charge >= 0.3 is 5.97 Å². The van der Waals surface area contributed by atoms with Gasteiger partial charge in [0, 0.05) is 52.2 Å². The number of piperidine rings is 1. The zero-order valence-corrected chi connectivity index (χ0v) is 14.2. The predicted octanol–water partition coefficient (Wildman–Crippen LogP) is 0.470. The van der Waals surface area contributed by atoms with Crippen molar-refractivity contribution in [2.24, 2.45) is 5.92 Å². The number of hydrogen-bond acceptors (Lipinski definition) is 5. The molecule has 0 radical (unpaired) electrons. The van der Waals surface area contributed by atoms with Gasteiger partial charge in [-0.05, 0) is 27.2 Å². The van der Waals surface area contributed by atoms with E-state index in [9.17, 15) is 9.59 Å². The van der Waals surface area contributed by atoms with Crippen molar-refractivity contribution in [3.05, 3.63) is 0 Å². The fourth-order valence-electron chi connectivity index (χ4n) is 3.16. The van der Waals surface area contributed by atoms with E-state index in [0.717, 1.165) is 39.1 Å². The standard InChI is InChI=1S/C16H29N3O3/c1-12(20)18-5-7-19(8-6-18)14-9-13(10-17-11-14)15(21)22-16(2,3)4/h13-14,17H,5-11H2,1-4H3/t13-,14+/m0/s1. The van der Waals surface area contributed by atoms with Gasteiger partial charge < -0.3 is 15.0 Å². The fourth-order valence-corrected chi connectivity index (χ4v) is 3.16. The quantitative estimate of drug-likeness (QED) is 0.751. The third kappa shape index (κ3) is 4.68. The Labute approximate surface area is 133 Å². The van der Waals surface area contributed by atoms with Crippen LogP contribution in [0.1, 0.15) is 34.1 Å². The molecule has 0 aromatic heterocycles. The van der Waals surface area contributed by atoms with E-state index in [-0.39, 0.29) is 17.8 Å². The first-order valence-electron chi connectivity index (χ1n) is 8.19. The molecule has 2 aliphatic heterocycles. The molecule has 2 atom stereocenters. The van der Waals surface area contributed by atoms with E-state index in [2.05, 4.69) is 10.2 Å². The summed E-state index contributed by atoms with van der Waals surface area (Å²) in [6.45, 7) is 12.2. The topological polar surface area (TPSA) is 61.9 Å². The summed E-state index contributed by atoms with van der Waals surface area (Å²) in [5.41, 5.74) is -0.433. The molecule has 2 aliphatic rings. The number of carbonyl (C=O) groups excluding carboxylic acids is 2. The third-order valence-corrected chi connectivity index (χ3v) is 4.34. The minimum atomic E-state index is -0.433. The van der Waals surface area contributed by atoms with E-state index in [0.29, 0.717) is 12.6 Å². The highest BCUT2D eigenvalue weighted by Crippen LogP contribution is 2.21. The number of rotatable bonds is 2. The van der Waals surface area contributed by atoms with Crippen LogP contribution in [0, 0.1) is 5.92 Å². The van der Waals surface area contributed by atoms with E-state index in [1.165, 1.54) is 0 Å². The number of piperazine rings is 1. The van der Waals surface area contributed by atoms with Crippen LogP contribution >= 0.6 is 0 Å². The Kier molecular flexibility index (Phi) is 5.45. The van der Waals surface area contributed by atoms with Crippen molar-refractivity contribution in [1.29, 1.82) is 0 Å². The fraction of sp³-hybridized carbons (Fsp3) is 0.875. The maximum atomic E-state index is 12.2. The zero-order chi connectivity index (χ0) is 16.3. The van der Waals surface area contributed by atoms with Crippen molar-refractivity contribution in [3.8, 4) is 0 Å². The molecule has 0 bridgehead atoms. The summed E-state index contributed by atoms with van der Waals surface area (Å²) in [4.78, 5) is 27.9. The maximum Gasteiger partial charge on any atom is 0.310 e. The molecule has 1 amide bonds. The normalized spacial score (nSPS) is 27.5. The van der Waals surface area contributed by atoms with Gasteiger partial charge in [-0.15, -0.1) is 0 Å². The van der Waals surface area contributed by atoms with Crippen molar-refractivity contribution in [2.45, 2.75) is 45.8 Å². The summed E-state index contributed by atoms with van der Waals surface area (Å²) in [5.74, 6) is -0.0380. The van der Waals surface area contributed by atoms with Crippen LogP contribution in [0.25, 0.3) is 0 Å². The zero-order valence-electron chi connectivity index (χ0n) is 14.2. The van der Waals surface area contributed by atoms with Gasteiger partial charge in [0.05, 0.1) is 5.92 Å². The van der Waals surface area contributed by atoms with Gasteiger partial charge in [0.1, 0.15) is 5.60 Å². The van der Waals surface area contributed by atoms with Crippen molar-refractivity contribution < 1.29 is 14.3 Å². The first kappa shape index (κ1) is 17.2. The maximum absolute atomic E-state index is 12.2. The van der Waals surface area contributed by atoms with Crippen LogP contribution in [0.2, 0.25) is 0 Å². The van der Waals surface area contributed by atoms with Gasteiger partial charge in [0.2, 0.25) is 5.91 Å². The molecular weight excluding hydrogens is 282 g/mol. The third-order valence-electron chi connectivity index (χ3n) is 4.34. The minimum Gasteiger partial charge on any atom is -0.460 e. The van der Waals surface area contributed by atoms with E-state index < -0.39 is 5.60 Å². The van der Waals surface area contributed by atoms with Crippen molar-refractivity contribution in [3.63, 3.8) is 0 Å². The molecular formula is C16H29N3O3. The van der Waals surface area contributed by atoms with Crippen molar-refractivity contribution >= 4 is 11.9 Å². The van der Waals surface area contributed by atoms with Crippen LogP contribution in [-0.4, -0.2) is 72.6 Å². The average Bonchev–Trinajstić information content (AvgIpc) is 2.46. The van der Waals surface area contributed by atoms with Crippen LogP contribution < -0.4 is 5.32 Å². The molecule has 6 heteroatoms. The second-order valence-corrected chi connectivity index (χ2v) is 7.32. The summed E-state index contributed by atoms with van der Waals surface area (Å²) in [6.07, 6.45) is 0.835. The monoisotopic (exact) mass is 311 g/mol. The van der Waals surface area contributed by atoms with Crippen molar-refractivity contribution in [2.75, 3.05) is 39.3 Å². The van der Waals surface area contributed by atoms with Crippen molar-refractivity contribution in [1.82, 2.24) is 15.1 Å². The number of hydrogen-bond donors (Lipinski definition) is 1. The molecule has 0 aromatic carbocycles. The smallest absolute Gasteiger partial charge is 0.310 e. The van der Waals surface area contributed by atoms with Gasteiger partial charge in [-0.25, -0.2) is 0 Å². The Morgan fingerprint density at radius 3 is 2.27 bits per heavy atom. The Morgan fingerprint density at radius 2 is 1.73 bits per heavy atom. The Hall–Kier alpha value is -1.14. The summed E-state index contributed by atoms with van der Waals surface area (Å²) in [7, 11) is 0. The number of esters is 1. The van der Waals surface area contributed by atoms with E-state index in [1.807, 2.05) is 25.7 Å². The summed E-state index contributed by atoms with van der Waals surface area (Å²) >= 11 is 0. The van der Waals surface area contributed by atoms with Crippen LogP contribution in [0.15, 0.2) is 0 Å². The van der Waals surface area contributed by atoms with Gasteiger partial charge in [-0.1, -0.05) is 0 Å². The summed E-state index contributed by atoms with van der Waals surface area (Å²) < 4.78 is 5.51. The highest BCUT2D eigenvalue weighted by Gasteiger charge is 2.34. The number of nitrogens with one attached hydrogen (secondary N) is 1. The van der Waals surface area contributed by atoms with Gasteiger partial charge in [0.15, 0.2) is 0 Å². The minimum absolute atomic E-state index is 0.0798. The Balaban J connectivity index is 1.86. The molecule has 0 unspecified atom stereocenters. The first-order chi connectivity index (χ1) is 10.3. The molecule has 2 saturated heterocycles. The SMILES string of the molecule is CC(=O)N1CCN([C@H]2CNC[C@@H](C(=O)OC(C)(C)C)C2)CC1. The van der Waals surface area contributed by atoms with Gasteiger partial charge in [0.25, 0.3) is 0 Å². The van der Waals surface area contributed by atoms with Crippen LogP contribution in [0.3, 0.4) is 0 Å². The molecule has 2 fully saturated rings. The number of carbonyl (C=O) groups is 2. The molecule has 0 saturated carbocycles. The Bertz CT molecular complexity index is 411. The summed E-state index contributed by atoms with van der Waals surface area (Å²) in [6, 6.07) is 0.348. The largest absolute Gasteiger partial charge is 0.460 e. The highest BCUT2D eigenvalue weighted by molar-refractivity contribution is 5.73. The number of amides is 1. The number of nitrogens with zero attached hydrogens (tertiary/aromatic N) is 2. The van der Waals surface area contributed by atoms with Crippen LogP contribution in [0.5, 0.6) is 0 Å². The van der Waals surface area contributed by atoms with Gasteiger partial charge in [-0.2, -0.15) is 0 Å². The van der Waals surface area contributed by atoms with E-state index in [1.54, 1.807) is 6.92 Å². The number of ether oxygens (including phenoxy) is 1. The molecule has 22 heavy (non-hydrogen) atoms. The molecule has 0 aromatic rings. The van der Waals surface area contributed by atoms with Crippen LogP contribution in [0.4, 0.5) is 0 Å². The second-order valence-electron chi connectivity index (χ2n) is 7.32. The van der Waals surface area contributed by atoms with E-state index in [4.69, 9.17) is 4.74 Å². The molecule has 2 heterocycles. The molecule has 0 spiro atoms. The molecule has 1 N–H and O–H groups in total. The highest BCUT2D eigenvalue weighted by atomic mass is 16.6. The first-order valence-corrected chi connectivity index (χ1v) is 8.19. The van der Waals surface area contributed by atoms with Crippen LogP contribution in [-0.2, 0) is 14.3 Å². The lowest BCUT2D eigenvalue weighted by molar-refractivity contribution is -0.161. The predicted molar refractivity (Wildman–Crippen MR) is 84.4 cm³/mol. The van der Waals surface area contributed by atoms with E-state index >= 15 is 0 Å². The second kappa shape index (κ2) is 6.96. The molecule has 6 nitrogen and oxygen atoms in total. The lowest BCUT2D eigenvalue weighted by atomic mass is 9.94. The lowest BCUT2D eigenvalue weighted by Crippen LogP contribution is -2.57.